The maximum absolute atomic E-state index is 14.3. The molecule has 0 unspecified atom stereocenters. The second-order valence-electron chi connectivity index (χ2n) is 5.78. The van der Waals surface area contributed by atoms with E-state index in [2.05, 4.69) is 5.32 Å². The summed E-state index contributed by atoms with van der Waals surface area (Å²) < 4.78 is 19.5. The number of anilines is 1. The third-order valence-electron chi connectivity index (χ3n) is 3.95. The molecule has 0 radical (unpaired) electrons. The fraction of sp³-hybridized carbons (Fsp3) is 0.200. The Bertz CT molecular complexity index is 859. The number of rotatable bonds is 4. The number of ether oxygens (including phenoxy) is 1. The third kappa shape index (κ3) is 5.85. The summed E-state index contributed by atoms with van der Waals surface area (Å²) in [5.41, 5.74) is 2.54. The fourth-order valence-electron chi connectivity index (χ4n) is 2.68. The molecule has 0 spiro atoms. The van der Waals surface area contributed by atoms with Crippen LogP contribution in [0.3, 0.4) is 0 Å². The number of amides is 1. The monoisotopic (exact) mass is 373 g/mol. The summed E-state index contributed by atoms with van der Waals surface area (Å²) in [6.45, 7) is 0. The van der Waals surface area contributed by atoms with Gasteiger partial charge in [-0.2, -0.15) is 0 Å². The molecule has 2 aromatic carbocycles. The highest BCUT2D eigenvalue weighted by molar-refractivity contribution is 6.04. The minimum absolute atomic E-state index is 0.203. The summed E-state index contributed by atoms with van der Waals surface area (Å²) >= 11 is 0. The molecular formula is C20H20FNO5. The van der Waals surface area contributed by atoms with E-state index in [-0.39, 0.29) is 11.6 Å². The van der Waals surface area contributed by atoms with Gasteiger partial charge in [-0.15, -0.1) is 0 Å². The molecule has 0 saturated carbocycles. The Morgan fingerprint density at radius 3 is 2.41 bits per heavy atom. The van der Waals surface area contributed by atoms with Gasteiger partial charge in [0.05, 0.1) is 12.8 Å². The number of carbonyl (C=O) groups excluding carboxylic acids is 1. The molecule has 1 aliphatic rings. The lowest BCUT2D eigenvalue weighted by Crippen LogP contribution is -2.14. The van der Waals surface area contributed by atoms with Crippen LogP contribution in [0, 0.1) is 5.82 Å². The zero-order chi connectivity index (χ0) is 19.8. The zero-order valence-corrected chi connectivity index (χ0v) is 14.7. The average Bonchev–Trinajstić information content (AvgIpc) is 3.18. The molecule has 7 heteroatoms. The van der Waals surface area contributed by atoms with E-state index in [4.69, 9.17) is 19.7 Å². The molecule has 0 bridgehead atoms. The van der Waals surface area contributed by atoms with Crippen molar-refractivity contribution in [3.63, 3.8) is 0 Å². The number of allylic oxidation sites excluding steroid dienone is 1. The van der Waals surface area contributed by atoms with Crippen LogP contribution in [-0.2, 0) is 4.79 Å². The van der Waals surface area contributed by atoms with Crippen molar-refractivity contribution in [3.8, 4) is 16.9 Å². The summed E-state index contributed by atoms with van der Waals surface area (Å²) in [6.07, 6.45) is 2.74. The van der Waals surface area contributed by atoms with Crippen molar-refractivity contribution in [2.45, 2.75) is 19.3 Å². The summed E-state index contributed by atoms with van der Waals surface area (Å²) in [6, 6.07) is 12.2. The number of methoxy groups -OCH3 is 1. The van der Waals surface area contributed by atoms with Gasteiger partial charge in [0.25, 0.3) is 5.91 Å². The van der Waals surface area contributed by atoms with Crippen molar-refractivity contribution in [1.82, 2.24) is 0 Å². The second-order valence-corrected chi connectivity index (χ2v) is 5.78. The highest BCUT2D eigenvalue weighted by Gasteiger charge is 2.15. The smallest absolute Gasteiger partial charge is 0.497 e. The Kier molecular flexibility index (Phi) is 6.93. The normalized spacial score (nSPS) is 12.4. The highest BCUT2D eigenvalue weighted by Crippen LogP contribution is 2.28. The van der Waals surface area contributed by atoms with Crippen LogP contribution in [0.25, 0.3) is 11.1 Å². The number of benzene rings is 2. The SMILES string of the molecule is COc1cccc(-c2ccc(NC(=O)C3=CCCC3)c(F)c2)c1.O=C(O)O. The molecule has 0 atom stereocenters. The quantitative estimate of drug-likeness (QED) is 0.717. The molecule has 0 aromatic heterocycles. The minimum atomic E-state index is -1.83. The van der Waals surface area contributed by atoms with Gasteiger partial charge in [-0.1, -0.05) is 24.3 Å². The minimum Gasteiger partial charge on any atom is -0.497 e. The molecule has 0 aliphatic heterocycles. The Hall–Kier alpha value is -3.35. The van der Waals surface area contributed by atoms with Crippen molar-refractivity contribution in [3.05, 3.63) is 59.9 Å². The van der Waals surface area contributed by atoms with E-state index in [9.17, 15) is 9.18 Å². The topological polar surface area (TPSA) is 95.9 Å². The Balaban J connectivity index is 0.000000596. The first-order valence-electron chi connectivity index (χ1n) is 8.27. The van der Waals surface area contributed by atoms with Crippen molar-refractivity contribution >= 4 is 17.7 Å². The van der Waals surface area contributed by atoms with Crippen LogP contribution in [-0.4, -0.2) is 29.4 Å². The maximum atomic E-state index is 14.3. The van der Waals surface area contributed by atoms with Gasteiger partial charge in [-0.3, -0.25) is 4.79 Å². The van der Waals surface area contributed by atoms with Gasteiger partial charge in [-0.25, -0.2) is 9.18 Å². The summed E-state index contributed by atoms with van der Waals surface area (Å²) in [5, 5.41) is 16.6. The van der Waals surface area contributed by atoms with Crippen LogP contribution in [0.15, 0.2) is 54.1 Å². The van der Waals surface area contributed by atoms with Crippen molar-refractivity contribution < 1.29 is 28.9 Å². The first-order valence-corrected chi connectivity index (χ1v) is 8.27. The molecule has 142 valence electrons. The first-order chi connectivity index (χ1) is 12.9. The van der Waals surface area contributed by atoms with Crippen molar-refractivity contribution in [2.24, 2.45) is 0 Å². The van der Waals surface area contributed by atoms with Crippen molar-refractivity contribution in [1.29, 1.82) is 0 Å². The second kappa shape index (κ2) is 9.38. The lowest BCUT2D eigenvalue weighted by molar-refractivity contribution is -0.113. The summed E-state index contributed by atoms with van der Waals surface area (Å²) in [7, 11) is 1.59. The predicted molar refractivity (Wildman–Crippen MR) is 99.6 cm³/mol. The van der Waals surface area contributed by atoms with E-state index >= 15 is 0 Å². The molecule has 3 N–H and O–H groups in total. The lowest BCUT2D eigenvalue weighted by atomic mass is 10.0. The van der Waals surface area contributed by atoms with Gasteiger partial charge < -0.3 is 20.3 Å². The summed E-state index contributed by atoms with van der Waals surface area (Å²) in [5.74, 6) is 0.0567. The van der Waals surface area contributed by atoms with Crippen LogP contribution in [0.5, 0.6) is 5.75 Å². The van der Waals surface area contributed by atoms with E-state index in [0.717, 1.165) is 36.0 Å². The molecule has 3 rings (SSSR count). The maximum Gasteiger partial charge on any atom is 0.503 e. The number of carbonyl (C=O) groups is 2. The number of hydrogen-bond acceptors (Lipinski definition) is 3. The van der Waals surface area contributed by atoms with Crippen LogP contribution in [0.2, 0.25) is 0 Å². The molecule has 6 nitrogen and oxygen atoms in total. The van der Waals surface area contributed by atoms with E-state index in [0.29, 0.717) is 5.75 Å². The van der Waals surface area contributed by atoms with E-state index < -0.39 is 12.0 Å². The Morgan fingerprint density at radius 1 is 1.11 bits per heavy atom. The van der Waals surface area contributed by atoms with Gasteiger partial charge >= 0.3 is 6.16 Å². The van der Waals surface area contributed by atoms with Gasteiger partial charge in [-0.05, 0) is 54.7 Å². The van der Waals surface area contributed by atoms with Gasteiger partial charge in [0.1, 0.15) is 11.6 Å². The molecule has 0 saturated heterocycles. The number of halogens is 1. The lowest BCUT2D eigenvalue weighted by Gasteiger charge is -2.09. The molecule has 1 aliphatic carbocycles. The molecule has 0 fully saturated rings. The molecule has 2 aromatic rings. The molecule has 27 heavy (non-hydrogen) atoms. The number of carboxylic acid groups (broad SMARTS) is 2. The molecular weight excluding hydrogens is 353 g/mol. The third-order valence-corrected chi connectivity index (χ3v) is 3.95. The van der Waals surface area contributed by atoms with Gasteiger partial charge in [0.2, 0.25) is 0 Å². The zero-order valence-electron chi connectivity index (χ0n) is 14.7. The highest BCUT2D eigenvalue weighted by atomic mass is 19.1. The average molecular weight is 373 g/mol. The largest absolute Gasteiger partial charge is 0.503 e. The Labute approximate surface area is 155 Å². The number of hydrogen-bond donors (Lipinski definition) is 3. The fourth-order valence-corrected chi connectivity index (χ4v) is 2.68. The first kappa shape index (κ1) is 20.0. The van der Waals surface area contributed by atoms with Crippen LogP contribution < -0.4 is 10.1 Å². The van der Waals surface area contributed by atoms with Crippen molar-refractivity contribution in [2.75, 3.05) is 12.4 Å². The standard InChI is InChI=1S/C19H18FNO2.CH2O3/c1-23-16-8-4-7-14(11-16)15-9-10-18(17(20)12-15)21-19(22)13-5-2-3-6-13;2-1(3)4/h4-5,7-12H,2-3,6H2,1H3,(H,21,22);(H2,2,3,4). The van der Waals surface area contributed by atoms with Crippen LogP contribution >= 0.6 is 0 Å². The predicted octanol–water partition coefficient (Wildman–Crippen LogP) is 4.77. The van der Waals surface area contributed by atoms with E-state index in [1.54, 1.807) is 19.2 Å². The van der Waals surface area contributed by atoms with Gasteiger partial charge in [0.15, 0.2) is 0 Å². The van der Waals surface area contributed by atoms with E-state index in [1.807, 2.05) is 30.3 Å². The molecule has 1 amide bonds. The van der Waals surface area contributed by atoms with Crippen LogP contribution in [0.4, 0.5) is 14.9 Å². The number of nitrogens with one attached hydrogen (secondary N) is 1. The Morgan fingerprint density at radius 2 is 1.81 bits per heavy atom. The van der Waals surface area contributed by atoms with E-state index in [1.165, 1.54) is 6.07 Å². The van der Waals surface area contributed by atoms with Gasteiger partial charge in [0, 0.05) is 5.57 Å². The summed E-state index contributed by atoms with van der Waals surface area (Å²) in [4.78, 5) is 20.6. The van der Waals surface area contributed by atoms with Crippen LogP contribution in [0.1, 0.15) is 19.3 Å². The molecule has 0 heterocycles.